The van der Waals surface area contributed by atoms with Gasteiger partial charge in [0.25, 0.3) is 0 Å². The maximum Gasteiger partial charge on any atom is 0.410 e. The van der Waals surface area contributed by atoms with Gasteiger partial charge in [-0.05, 0) is 63.4 Å². The molecule has 1 aromatic carbocycles. The van der Waals surface area contributed by atoms with Crippen molar-refractivity contribution >= 4 is 29.2 Å². The predicted octanol–water partition coefficient (Wildman–Crippen LogP) is 4.29. The Morgan fingerprint density at radius 1 is 1.00 bits per heavy atom. The minimum Gasteiger partial charge on any atom is -0.497 e. The van der Waals surface area contributed by atoms with Crippen LogP contribution in [0.3, 0.4) is 0 Å². The highest BCUT2D eigenvalue weighted by molar-refractivity contribution is 6.07. The number of piperazine rings is 1. The molecule has 0 unspecified atom stereocenters. The Labute approximate surface area is 257 Å². The van der Waals surface area contributed by atoms with Gasteiger partial charge in [-0.25, -0.2) is 14.1 Å². The number of ether oxygens (including phenoxy) is 3. The molecule has 3 saturated heterocycles. The second kappa shape index (κ2) is 11.6. The van der Waals surface area contributed by atoms with Gasteiger partial charge in [0.1, 0.15) is 17.1 Å². The maximum absolute atomic E-state index is 13.7. The average molecular weight is 605 g/mol. The van der Waals surface area contributed by atoms with E-state index in [9.17, 15) is 14.4 Å². The summed E-state index contributed by atoms with van der Waals surface area (Å²) < 4.78 is 18.2. The van der Waals surface area contributed by atoms with Gasteiger partial charge in [0.2, 0.25) is 5.91 Å². The van der Waals surface area contributed by atoms with Crippen LogP contribution in [0.2, 0.25) is 0 Å². The molecule has 2 atom stereocenters. The first-order chi connectivity index (χ1) is 21.0. The molecule has 0 aliphatic carbocycles. The van der Waals surface area contributed by atoms with Crippen LogP contribution in [0.25, 0.3) is 5.52 Å². The van der Waals surface area contributed by atoms with Crippen LogP contribution in [0.5, 0.6) is 11.5 Å². The Morgan fingerprint density at radius 3 is 2.43 bits per heavy atom. The van der Waals surface area contributed by atoms with Crippen LogP contribution in [0.1, 0.15) is 51.2 Å². The molecular formula is C32H40N6O6. The topological polar surface area (TPSA) is 109 Å². The molecule has 2 aromatic heterocycles. The van der Waals surface area contributed by atoms with Crippen LogP contribution >= 0.6 is 0 Å². The van der Waals surface area contributed by atoms with Gasteiger partial charge in [0.05, 0.1) is 38.2 Å². The Hall–Kier alpha value is -4.32. The molecule has 3 aliphatic heterocycles. The quantitative estimate of drug-likeness (QED) is 0.393. The van der Waals surface area contributed by atoms with Gasteiger partial charge in [-0.3, -0.25) is 24.4 Å². The molecule has 12 heteroatoms. The van der Waals surface area contributed by atoms with Gasteiger partial charge in [-0.1, -0.05) is 0 Å². The number of fused-ring (bicyclic) bond motifs is 3. The third-order valence-corrected chi connectivity index (χ3v) is 8.56. The van der Waals surface area contributed by atoms with Crippen molar-refractivity contribution in [1.29, 1.82) is 0 Å². The maximum atomic E-state index is 13.7. The number of anilines is 1. The Balaban J connectivity index is 1.18. The fraction of sp³-hybridized carbons (Fsp3) is 0.500. The van der Waals surface area contributed by atoms with E-state index in [1.807, 2.05) is 37.9 Å². The molecule has 12 nitrogen and oxygen atoms in total. The lowest BCUT2D eigenvalue weighted by Gasteiger charge is -2.41. The van der Waals surface area contributed by atoms with Crippen molar-refractivity contribution in [2.24, 2.45) is 0 Å². The van der Waals surface area contributed by atoms with Crippen LogP contribution < -0.4 is 14.4 Å². The molecular weight excluding hydrogens is 564 g/mol. The molecule has 6 rings (SSSR count). The number of urea groups is 1. The zero-order chi connectivity index (χ0) is 31.2. The molecule has 3 aliphatic rings. The number of carbonyl (C=O) groups is 3. The molecule has 0 radical (unpaired) electrons. The molecule has 2 bridgehead atoms. The fourth-order valence-corrected chi connectivity index (χ4v) is 6.53. The average Bonchev–Trinajstić information content (AvgIpc) is 3.52. The Morgan fingerprint density at radius 2 is 1.75 bits per heavy atom. The normalized spacial score (nSPS) is 20.9. The number of pyridine rings is 1. The smallest absolute Gasteiger partial charge is 0.410 e. The molecule has 234 valence electrons. The number of rotatable bonds is 7. The standard InChI is InChI=1S/C32H40N6O6/c1-32(2,3)44-31(41)38-23-7-8-24(38)20-34(19-23)17-21-10-13-37-26(14-21)27(16-33-37)35-12-11-29(39)36(30(35)40)18-22-6-9-25(42-4)15-28(22)43-5/h6,9-10,13-16,23-24H,7-8,11-12,17-20H2,1-5H3/t23-,24+. The summed E-state index contributed by atoms with van der Waals surface area (Å²) in [6, 6.07) is 9.30. The van der Waals surface area contributed by atoms with Gasteiger partial charge in [0, 0.05) is 62.5 Å². The van der Waals surface area contributed by atoms with E-state index in [4.69, 9.17) is 14.2 Å². The second-order valence-electron chi connectivity index (χ2n) is 12.7. The molecule has 44 heavy (non-hydrogen) atoms. The minimum atomic E-state index is -0.519. The van der Waals surface area contributed by atoms with E-state index in [2.05, 4.69) is 16.1 Å². The molecule has 0 spiro atoms. The number of hydrogen-bond acceptors (Lipinski definition) is 8. The van der Waals surface area contributed by atoms with E-state index in [1.54, 1.807) is 48.0 Å². The first-order valence-corrected chi connectivity index (χ1v) is 15.1. The highest BCUT2D eigenvalue weighted by Gasteiger charge is 2.44. The SMILES string of the molecule is COc1ccc(CN2C(=O)CCN(c3cnn4ccc(CN5C[C@H]6CC[C@@H](C5)N6C(=O)OC(C)(C)C)cc34)C2=O)c(OC)c1. The van der Waals surface area contributed by atoms with Crippen LogP contribution in [0.4, 0.5) is 15.3 Å². The zero-order valence-electron chi connectivity index (χ0n) is 26.0. The minimum absolute atomic E-state index is 0.0867. The summed E-state index contributed by atoms with van der Waals surface area (Å²) in [5, 5.41) is 4.50. The number of aromatic nitrogens is 2. The van der Waals surface area contributed by atoms with E-state index >= 15 is 0 Å². The van der Waals surface area contributed by atoms with E-state index in [-0.39, 0.29) is 43.6 Å². The Kier molecular flexibility index (Phi) is 7.87. The summed E-state index contributed by atoms with van der Waals surface area (Å²) >= 11 is 0. The van der Waals surface area contributed by atoms with Gasteiger partial charge >= 0.3 is 12.1 Å². The third kappa shape index (κ3) is 5.78. The number of likely N-dealkylation sites (tertiary alicyclic amines) is 1. The molecule has 3 fully saturated rings. The largest absolute Gasteiger partial charge is 0.497 e. The van der Waals surface area contributed by atoms with Crippen molar-refractivity contribution in [3.63, 3.8) is 0 Å². The number of carbonyl (C=O) groups excluding carboxylic acids is 3. The number of amides is 4. The summed E-state index contributed by atoms with van der Waals surface area (Å²) in [6.45, 7) is 8.33. The summed E-state index contributed by atoms with van der Waals surface area (Å²) in [6.07, 6.45) is 5.50. The summed E-state index contributed by atoms with van der Waals surface area (Å²) in [5.41, 5.74) is 2.73. The monoisotopic (exact) mass is 604 g/mol. The summed E-state index contributed by atoms with van der Waals surface area (Å²) in [4.78, 5) is 46.8. The van der Waals surface area contributed by atoms with Crippen LogP contribution in [-0.2, 0) is 22.6 Å². The van der Waals surface area contributed by atoms with Crippen molar-refractivity contribution in [1.82, 2.24) is 24.3 Å². The Bertz CT molecular complexity index is 1570. The lowest BCUT2D eigenvalue weighted by Crippen LogP contribution is -2.56. The number of nitrogens with zero attached hydrogens (tertiary/aromatic N) is 6. The van der Waals surface area contributed by atoms with E-state index in [1.165, 1.54) is 4.90 Å². The zero-order valence-corrected chi connectivity index (χ0v) is 26.0. The fourth-order valence-electron chi connectivity index (χ4n) is 6.53. The molecule has 4 amide bonds. The van der Waals surface area contributed by atoms with Crippen molar-refractivity contribution in [2.75, 3.05) is 38.8 Å². The van der Waals surface area contributed by atoms with Crippen LogP contribution in [-0.4, -0.2) is 93.9 Å². The van der Waals surface area contributed by atoms with Gasteiger partial charge in [-0.2, -0.15) is 5.10 Å². The first-order valence-electron chi connectivity index (χ1n) is 15.1. The van der Waals surface area contributed by atoms with Gasteiger partial charge in [-0.15, -0.1) is 0 Å². The lowest BCUT2D eigenvalue weighted by molar-refractivity contribution is -0.129. The number of imide groups is 1. The van der Waals surface area contributed by atoms with Crippen LogP contribution in [0.15, 0.2) is 42.7 Å². The van der Waals surface area contributed by atoms with Crippen molar-refractivity contribution in [3.05, 3.63) is 53.9 Å². The van der Waals surface area contributed by atoms with E-state index < -0.39 is 11.6 Å². The van der Waals surface area contributed by atoms with Gasteiger partial charge in [0.15, 0.2) is 0 Å². The van der Waals surface area contributed by atoms with Crippen molar-refractivity contribution in [2.45, 2.75) is 70.8 Å². The van der Waals surface area contributed by atoms with E-state index in [0.717, 1.165) is 37.0 Å². The second-order valence-corrected chi connectivity index (χ2v) is 12.7. The van der Waals surface area contributed by atoms with Crippen molar-refractivity contribution in [3.8, 4) is 11.5 Å². The number of methoxy groups -OCH3 is 2. The molecule has 3 aromatic rings. The predicted molar refractivity (Wildman–Crippen MR) is 163 cm³/mol. The van der Waals surface area contributed by atoms with Gasteiger partial charge < -0.3 is 14.2 Å². The number of hydrogen-bond donors (Lipinski definition) is 0. The van der Waals surface area contributed by atoms with Crippen LogP contribution in [0, 0.1) is 0 Å². The highest BCUT2D eigenvalue weighted by atomic mass is 16.6. The third-order valence-electron chi connectivity index (χ3n) is 8.56. The molecule has 0 N–H and O–H groups in total. The molecule has 5 heterocycles. The lowest BCUT2D eigenvalue weighted by atomic mass is 10.1. The molecule has 0 saturated carbocycles. The summed E-state index contributed by atoms with van der Waals surface area (Å²) in [7, 11) is 3.12. The highest BCUT2D eigenvalue weighted by Crippen LogP contribution is 2.34. The number of benzene rings is 1. The van der Waals surface area contributed by atoms with E-state index in [0.29, 0.717) is 29.3 Å². The first kappa shape index (κ1) is 29.7. The van der Waals surface area contributed by atoms with Crippen molar-refractivity contribution < 1.29 is 28.6 Å². The summed E-state index contributed by atoms with van der Waals surface area (Å²) in [5.74, 6) is 0.938.